The van der Waals surface area contributed by atoms with Crippen LogP contribution in [0.3, 0.4) is 0 Å². The number of fused-ring (bicyclic) bond motifs is 1. The summed E-state index contributed by atoms with van der Waals surface area (Å²) >= 11 is 0. The van der Waals surface area contributed by atoms with Crippen molar-refractivity contribution in [2.75, 3.05) is 6.54 Å². The van der Waals surface area contributed by atoms with E-state index in [0.717, 1.165) is 18.6 Å². The molecule has 0 radical (unpaired) electrons. The van der Waals surface area contributed by atoms with Gasteiger partial charge in [0.1, 0.15) is 0 Å². The molecule has 116 valence electrons. The first kappa shape index (κ1) is 14.8. The van der Waals surface area contributed by atoms with E-state index in [2.05, 4.69) is 21.9 Å². The Morgan fingerprint density at radius 3 is 2.82 bits per heavy atom. The lowest BCUT2D eigenvalue weighted by Gasteiger charge is -2.16. The van der Waals surface area contributed by atoms with Crippen LogP contribution in [0.4, 0.5) is 0 Å². The molecule has 1 aliphatic heterocycles. The smallest absolute Gasteiger partial charge is 0.251 e. The number of nitrogens with zero attached hydrogens (tertiary/aromatic N) is 1. The summed E-state index contributed by atoms with van der Waals surface area (Å²) in [5.41, 5.74) is 6.63. The van der Waals surface area contributed by atoms with Crippen LogP contribution >= 0.6 is 0 Å². The topological polar surface area (TPSA) is 70.6 Å². The van der Waals surface area contributed by atoms with Crippen LogP contribution in [-0.4, -0.2) is 24.1 Å². The summed E-state index contributed by atoms with van der Waals surface area (Å²) in [5.74, 6) is -0.370. The minimum absolute atomic E-state index is 0.0682. The number of hydrazone groups is 1. The van der Waals surface area contributed by atoms with Gasteiger partial charge in [-0.2, -0.15) is 5.10 Å². The second-order valence-corrected chi connectivity index (χ2v) is 6.02. The third-order valence-corrected chi connectivity index (χ3v) is 4.49. The summed E-state index contributed by atoms with van der Waals surface area (Å²) in [4.78, 5) is 23.8. The predicted molar refractivity (Wildman–Crippen MR) is 84.8 cm³/mol. The zero-order valence-corrected chi connectivity index (χ0v) is 12.8. The van der Waals surface area contributed by atoms with Gasteiger partial charge in [0.25, 0.3) is 5.91 Å². The highest BCUT2D eigenvalue weighted by atomic mass is 16.2. The lowest BCUT2D eigenvalue weighted by molar-refractivity contribution is -0.122. The average Bonchev–Trinajstić information content (AvgIpc) is 2.86. The highest BCUT2D eigenvalue weighted by Gasteiger charge is 2.26. The molecule has 0 aromatic heterocycles. The molecule has 0 bridgehead atoms. The number of hydrogen-bond acceptors (Lipinski definition) is 3. The second kappa shape index (κ2) is 6.30. The molecule has 5 heteroatoms. The van der Waals surface area contributed by atoms with Crippen molar-refractivity contribution in [3.05, 3.63) is 34.9 Å². The van der Waals surface area contributed by atoms with Gasteiger partial charge in [0.15, 0.2) is 0 Å². The van der Waals surface area contributed by atoms with E-state index in [0.29, 0.717) is 18.5 Å². The van der Waals surface area contributed by atoms with Crippen LogP contribution in [-0.2, 0) is 17.6 Å². The molecule has 22 heavy (non-hydrogen) atoms. The second-order valence-electron chi connectivity index (χ2n) is 6.02. The van der Waals surface area contributed by atoms with Crippen molar-refractivity contribution in [2.24, 2.45) is 11.0 Å². The van der Waals surface area contributed by atoms with Crippen LogP contribution in [0, 0.1) is 5.92 Å². The Labute approximate surface area is 130 Å². The molecule has 1 unspecified atom stereocenters. The molecule has 1 aliphatic carbocycles. The van der Waals surface area contributed by atoms with E-state index >= 15 is 0 Å². The molecule has 0 fully saturated rings. The normalized spacial score (nSPS) is 20.1. The van der Waals surface area contributed by atoms with Crippen LogP contribution in [0.5, 0.6) is 0 Å². The molecule has 5 nitrogen and oxygen atoms in total. The Morgan fingerprint density at radius 2 is 2.09 bits per heavy atom. The first-order valence-corrected chi connectivity index (χ1v) is 7.89. The monoisotopic (exact) mass is 299 g/mol. The summed E-state index contributed by atoms with van der Waals surface area (Å²) in [6.07, 6.45) is 5.20. The van der Waals surface area contributed by atoms with E-state index in [9.17, 15) is 9.59 Å². The molecule has 3 rings (SSSR count). The van der Waals surface area contributed by atoms with Crippen LogP contribution in [0.2, 0.25) is 0 Å². The Morgan fingerprint density at radius 1 is 1.32 bits per heavy atom. The van der Waals surface area contributed by atoms with Crippen LogP contribution in [0.15, 0.2) is 23.3 Å². The van der Waals surface area contributed by atoms with E-state index in [4.69, 9.17) is 0 Å². The number of benzene rings is 1. The zero-order chi connectivity index (χ0) is 15.5. The van der Waals surface area contributed by atoms with Gasteiger partial charge in [0.05, 0.1) is 5.92 Å². The highest BCUT2D eigenvalue weighted by Crippen LogP contribution is 2.22. The molecular weight excluding hydrogens is 278 g/mol. The van der Waals surface area contributed by atoms with Gasteiger partial charge in [0, 0.05) is 17.8 Å². The summed E-state index contributed by atoms with van der Waals surface area (Å²) in [6.45, 7) is 2.30. The molecule has 1 heterocycles. The molecule has 0 saturated carbocycles. The molecule has 2 amide bonds. The van der Waals surface area contributed by atoms with Crippen molar-refractivity contribution >= 4 is 17.5 Å². The van der Waals surface area contributed by atoms with Gasteiger partial charge < -0.3 is 5.32 Å². The number of aryl methyl sites for hydroxylation is 2. The van der Waals surface area contributed by atoms with E-state index < -0.39 is 0 Å². The lowest BCUT2D eigenvalue weighted by atomic mass is 9.90. The Hall–Kier alpha value is -2.17. The van der Waals surface area contributed by atoms with Crippen LogP contribution in [0.25, 0.3) is 0 Å². The molecule has 2 aliphatic rings. The SMILES string of the molecule is CC1=NNC(=O)C1CCNC(=O)c1ccc2c(c1)CCCC2. The lowest BCUT2D eigenvalue weighted by Crippen LogP contribution is -2.30. The maximum absolute atomic E-state index is 12.2. The maximum atomic E-state index is 12.2. The summed E-state index contributed by atoms with van der Waals surface area (Å²) in [7, 11) is 0. The van der Waals surface area contributed by atoms with Crippen molar-refractivity contribution in [1.82, 2.24) is 10.7 Å². The van der Waals surface area contributed by atoms with Crippen molar-refractivity contribution in [1.29, 1.82) is 0 Å². The fourth-order valence-electron chi connectivity index (χ4n) is 3.14. The fourth-order valence-corrected chi connectivity index (χ4v) is 3.14. The van der Waals surface area contributed by atoms with E-state index in [1.165, 1.54) is 24.0 Å². The number of carbonyl (C=O) groups is 2. The van der Waals surface area contributed by atoms with Crippen LogP contribution in [0.1, 0.15) is 47.7 Å². The minimum atomic E-state index is -0.219. The Balaban J connectivity index is 1.56. The number of hydrogen-bond donors (Lipinski definition) is 2. The standard InChI is InChI=1S/C17H21N3O2/c1-11-15(17(22)20-19-11)8-9-18-16(21)14-7-6-12-4-2-3-5-13(12)10-14/h6-7,10,15H,2-5,8-9H2,1H3,(H,18,21)(H,20,22). The quantitative estimate of drug-likeness (QED) is 0.890. The summed E-state index contributed by atoms with van der Waals surface area (Å²) in [5, 5.41) is 6.81. The van der Waals surface area contributed by atoms with Crippen LogP contribution < -0.4 is 10.7 Å². The van der Waals surface area contributed by atoms with E-state index in [1.807, 2.05) is 19.1 Å². The van der Waals surface area contributed by atoms with Gasteiger partial charge in [-0.15, -0.1) is 0 Å². The zero-order valence-electron chi connectivity index (χ0n) is 12.8. The van der Waals surface area contributed by atoms with Gasteiger partial charge in [0.2, 0.25) is 5.91 Å². The van der Waals surface area contributed by atoms with E-state index in [-0.39, 0.29) is 17.7 Å². The molecule has 1 aromatic carbocycles. The number of rotatable bonds is 4. The van der Waals surface area contributed by atoms with Gasteiger partial charge >= 0.3 is 0 Å². The average molecular weight is 299 g/mol. The molecular formula is C17H21N3O2. The van der Waals surface area contributed by atoms with Crippen molar-refractivity contribution in [3.8, 4) is 0 Å². The Bertz CT molecular complexity index is 637. The number of amides is 2. The molecule has 0 saturated heterocycles. The summed E-state index contributed by atoms with van der Waals surface area (Å²) in [6, 6.07) is 5.98. The largest absolute Gasteiger partial charge is 0.352 e. The van der Waals surface area contributed by atoms with Crippen molar-refractivity contribution < 1.29 is 9.59 Å². The number of nitrogens with one attached hydrogen (secondary N) is 2. The van der Waals surface area contributed by atoms with Gasteiger partial charge in [-0.25, -0.2) is 5.43 Å². The van der Waals surface area contributed by atoms with E-state index in [1.54, 1.807) is 0 Å². The molecule has 2 N–H and O–H groups in total. The predicted octanol–water partition coefficient (Wildman–Crippen LogP) is 1.81. The summed E-state index contributed by atoms with van der Waals surface area (Å²) < 4.78 is 0. The molecule has 1 aromatic rings. The number of carbonyl (C=O) groups excluding carboxylic acids is 2. The van der Waals surface area contributed by atoms with Gasteiger partial charge in [-0.1, -0.05) is 6.07 Å². The first-order valence-electron chi connectivity index (χ1n) is 7.89. The van der Waals surface area contributed by atoms with Gasteiger partial charge in [-0.05, 0) is 62.3 Å². The molecule has 0 spiro atoms. The van der Waals surface area contributed by atoms with Crippen molar-refractivity contribution in [2.45, 2.75) is 39.0 Å². The Kier molecular flexibility index (Phi) is 4.22. The third kappa shape index (κ3) is 3.03. The van der Waals surface area contributed by atoms with Gasteiger partial charge in [-0.3, -0.25) is 9.59 Å². The highest BCUT2D eigenvalue weighted by molar-refractivity contribution is 6.06. The first-order chi connectivity index (χ1) is 10.6. The fraction of sp³-hybridized carbons (Fsp3) is 0.471. The molecule has 1 atom stereocenters. The third-order valence-electron chi connectivity index (χ3n) is 4.49. The minimum Gasteiger partial charge on any atom is -0.352 e. The van der Waals surface area contributed by atoms with Crippen molar-refractivity contribution in [3.63, 3.8) is 0 Å². The maximum Gasteiger partial charge on any atom is 0.251 e.